The number of aromatic hydroxyl groups is 1. The van der Waals surface area contributed by atoms with Crippen LogP contribution in [-0.2, 0) is 17.6 Å². The zero-order valence-electron chi connectivity index (χ0n) is 14.0. The molecule has 2 nitrogen and oxygen atoms in total. The van der Waals surface area contributed by atoms with Gasteiger partial charge in [0.15, 0.2) is 11.5 Å². The van der Waals surface area contributed by atoms with E-state index in [9.17, 15) is 14.3 Å². The van der Waals surface area contributed by atoms with E-state index >= 15 is 0 Å². The number of rotatable bonds is 0. The number of phenols is 1. The van der Waals surface area contributed by atoms with Crippen molar-refractivity contribution in [1.82, 2.24) is 0 Å². The van der Waals surface area contributed by atoms with Crippen LogP contribution in [0.5, 0.6) is 5.75 Å². The largest absolute Gasteiger partial charge is 0.508 e. The van der Waals surface area contributed by atoms with Crippen LogP contribution < -0.4 is 0 Å². The third-order valence-electron chi connectivity index (χ3n) is 5.19. The van der Waals surface area contributed by atoms with Crippen LogP contribution >= 0.6 is 31.9 Å². The molecule has 1 atom stereocenters. The first-order chi connectivity index (χ1) is 11.9. The van der Waals surface area contributed by atoms with Crippen molar-refractivity contribution in [3.8, 4) is 5.75 Å². The van der Waals surface area contributed by atoms with Gasteiger partial charge in [0.2, 0.25) is 0 Å². The van der Waals surface area contributed by atoms with Crippen LogP contribution in [0.2, 0.25) is 0 Å². The molecule has 0 amide bonds. The molecule has 25 heavy (non-hydrogen) atoms. The maximum atomic E-state index is 14.2. The first kappa shape index (κ1) is 18.8. The van der Waals surface area contributed by atoms with E-state index in [0.717, 1.165) is 40.2 Å². The van der Waals surface area contributed by atoms with Crippen LogP contribution in [0.25, 0.3) is 0 Å². The number of benzene rings is 1. The zero-order chi connectivity index (χ0) is 18.0. The second-order valence-corrected chi connectivity index (χ2v) is 8.47. The SMILES string of the molecule is O=C1C=CC(Br)=C2CCCC[C@]12F.Oc1ccc(Br)c2c1CCCC2. The van der Waals surface area contributed by atoms with Crippen molar-refractivity contribution in [2.24, 2.45) is 0 Å². The van der Waals surface area contributed by atoms with Gasteiger partial charge < -0.3 is 5.11 Å². The van der Waals surface area contributed by atoms with Crippen LogP contribution in [0.3, 0.4) is 0 Å². The molecule has 0 aromatic heterocycles. The molecule has 0 spiro atoms. The van der Waals surface area contributed by atoms with Crippen LogP contribution in [0, 0.1) is 0 Å². The van der Waals surface area contributed by atoms with E-state index in [0.29, 0.717) is 24.2 Å². The maximum absolute atomic E-state index is 14.2. The molecule has 1 saturated carbocycles. The molecule has 1 aromatic carbocycles. The van der Waals surface area contributed by atoms with Crippen LogP contribution in [0.15, 0.2) is 38.8 Å². The Morgan fingerprint density at radius 3 is 2.32 bits per heavy atom. The first-order valence-electron chi connectivity index (χ1n) is 8.73. The minimum absolute atomic E-state index is 0.348. The predicted molar refractivity (Wildman–Crippen MR) is 105 cm³/mol. The second-order valence-electron chi connectivity index (χ2n) is 6.76. The van der Waals surface area contributed by atoms with Crippen molar-refractivity contribution in [2.45, 2.75) is 57.0 Å². The van der Waals surface area contributed by atoms with E-state index < -0.39 is 5.67 Å². The molecule has 1 N–H and O–H groups in total. The average Bonchev–Trinajstić information content (AvgIpc) is 2.63. The van der Waals surface area contributed by atoms with Gasteiger partial charge in [0.1, 0.15) is 5.75 Å². The Hall–Kier alpha value is -0.940. The Morgan fingerprint density at radius 1 is 0.960 bits per heavy atom. The highest BCUT2D eigenvalue weighted by Gasteiger charge is 2.44. The molecule has 1 fully saturated rings. The normalized spacial score (nSPS) is 25.0. The fourth-order valence-corrected chi connectivity index (χ4v) is 5.00. The maximum Gasteiger partial charge on any atom is 0.197 e. The molecule has 0 saturated heterocycles. The molecule has 0 aliphatic heterocycles. The van der Waals surface area contributed by atoms with Crippen molar-refractivity contribution in [3.63, 3.8) is 0 Å². The number of halogens is 3. The van der Waals surface area contributed by atoms with Crippen molar-refractivity contribution in [2.75, 3.05) is 0 Å². The summed E-state index contributed by atoms with van der Waals surface area (Å²) in [5.74, 6) is 0.0818. The third-order valence-corrected chi connectivity index (χ3v) is 6.68. The molecule has 4 rings (SSSR count). The molecule has 3 aliphatic carbocycles. The highest BCUT2D eigenvalue weighted by atomic mass is 79.9. The van der Waals surface area contributed by atoms with Crippen molar-refractivity contribution >= 4 is 37.6 Å². The van der Waals surface area contributed by atoms with E-state index in [-0.39, 0.29) is 5.78 Å². The average molecular weight is 472 g/mol. The Labute approximate surface area is 164 Å². The van der Waals surface area contributed by atoms with Crippen LogP contribution in [-0.4, -0.2) is 16.6 Å². The summed E-state index contributed by atoms with van der Waals surface area (Å²) in [6, 6.07) is 3.70. The van der Waals surface area contributed by atoms with Crippen molar-refractivity contribution in [1.29, 1.82) is 0 Å². The Kier molecular flexibility index (Phi) is 5.84. The van der Waals surface area contributed by atoms with Gasteiger partial charge in [0.05, 0.1) is 0 Å². The number of ketones is 1. The van der Waals surface area contributed by atoms with Gasteiger partial charge in [-0.3, -0.25) is 4.79 Å². The molecule has 134 valence electrons. The number of hydrogen-bond donors (Lipinski definition) is 1. The van der Waals surface area contributed by atoms with Crippen LogP contribution in [0.4, 0.5) is 4.39 Å². The fraction of sp³-hybridized carbons (Fsp3) is 0.450. The Bertz CT molecular complexity index is 723. The number of fused-ring (bicyclic) bond motifs is 2. The van der Waals surface area contributed by atoms with E-state index in [1.807, 2.05) is 6.07 Å². The van der Waals surface area contributed by atoms with Gasteiger partial charge in [-0.15, -0.1) is 0 Å². The number of allylic oxidation sites excluding steroid dienone is 4. The summed E-state index contributed by atoms with van der Waals surface area (Å²) in [6.45, 7) is 0. The summed E-state index contributed by atoms with van der Waals surface area (Å²) in [5, 5.41) is 9.56. The van der Waals surface area contributed by atoms with Crippen molar-refractivity contribution < 1.29 is 14.3 Å². The quantitative estimate of drug-likeness (QED) is 0.497. The number of carbonyl (C=O) groups excluding carboxylic acids is 1. The van der Waals surface area contributed by atoms with Crippen LogP contribution in [0.1, 0.15) is 49.7 Å². The minimum Gasteiger partial charge on any atom is -0.508 e. The number of alkyl halides is 1. The van der Waals surface area contributed by atoms with Gasteiger partial charge in [-0.05, 0) is 92.4 Å². The topological polar surface area (TPSA) is 37.3 Å². The molecule has 5 heteroatoms. The summed E-state index contributed by atoms with van der Waals surface area (Å²) in [6.07, 6.45) is 10.4. The number of carbonyl (C=O) groups is 1. The first-order valence-corrected chi connectivity index (χ1v) is 10.3. The zero-order valence-corrected chi connectivity index (χ0v) is 17.1. The van der Waals surface area contributed by atoms with Gasteiger partial charge in [-0.1, -0.05) is 31.9 Å². The van der Waals surface area contributed by atoms with Crippen molar-refractivity contribution in [3.05, 3.63) is 49.9 Å². The molecule has 0 radical (unpaired) electrons. The van der Waals surface area contributed by atoms with Gasteiger partial charge in [0, 0.05) is 8.96 Å². The van der Waals surface area contributed by atoms with E-state index in [2.05, 4.69) is 31.9 Å². The lowest BCUT2D eigenvalue weighted by Gasteiger charge is -2.32. The predicted octanol–water partition coefficient (Wildman–Crippen LogP) is 6.09. The smallest absolute Gasteiger partial charge is 0.197 e. The highest BCUT2D eigenvalue weighted by Crippen LogP contribution is 2.43. The summed E-state index contributed by atoms with van der Waals surface area (Å²) in [4.78, 5) is 11.4. The van der Waals surface area contributed by atoms with E-state index in [4.69, 9.17) is 0 Å². The minimum atomic E-state index is -1.69. The monoisotopic (exact) mass is 470 g/mol. The summed E-state index contributed by atoms with van der Waals surface area (Å²) >= 11 is 6.80. The standard InChI is InChI=1S/C10H10BrFO.C10H11BrO/c11-8-4-5-9(13)10(12)6-2-1-3-7(8)10;11-9-5-6-10(12)8-4-2-1-3-7(8)9/h4-5H,1-3,6H2;5-6,12H,1-4H2/t10-;/m1./s1. The number of hydrogen-bond acceptors (Lipinski definition) is 2. The van der Waals surface area contributed by atoms with Gasteiger partial charge in [-0.2, -0.15) is 0 Å². The molecule has 0 bridgehead atoms. The highest BCUT2D eigenvalue weighted by molar-refractivity contribution is 9.12. The molecular formula is C20H21Br2FO2. The molecule has 0 unspecified atom stereocenters. The summed E-state index contributed by atoms with van der Waals surface area (Å²) in [5.41, 5.74) is 1.41. The lowest BCUT2D eigenvalue weighted by molar-refractivity contribution is -0.124. The second kappa shape index (κ2) is 7.75. The third kappa shape index (κ3) is 3.77. The molecule has 1 aromatic rings. The molecule has 0 heterocycles. The van der Waals surface area contributed by atoms with Gasteiger partial charge in [-0.25, -0.2) is 4.39 Å². The number of phenolic OH excluding ortho intramolecular Hbond substituents is 1. The Morgan fingerprint density at radius 2 is 1.64 bits per heavy atom. The lowest BCUT2D eigenvalue weighted by atomic mass is 9.76. The molecule has 3 aliphatic rings. The van der Waals surface area contributed by atoms with E-state index in [1.54, 1.807) is 12.1 Å². The summed E-state index contributed by atoms with van der Waals surface area (Å²) < 4.78 is 16.1. The Balaban J connectivity index is 0.000000146. The summed E-state index contributed by atoms with van der Waals surface area (Å²) in [7, 11) is 0. The van der Waals surface area contributed by atoms with Gasteiger partial charge in [0.25, 0.3) is 0 Å². The van der Waals surface area contributed by atoms with E-state index in [1.165, 1.54) is 24.5 Å². The fourth-order valence-electron chi connectivity index (χ4n) is 3.79. The van der Waals surface area contributed by atoms with Gasteiger partial charge >= 0.3 is 0 Å². The lowest BCUT2D eigenvalue weighted by Crippen LogP contribution is -2.39. The molecular weight excluding hydrogens is 451 g/mol.